The number of hydrogen-bond donors (Lipinski definition) is 1. The Hall–Kier alpha value is -0.650. The van der Waals surface area contributed by atoms with Crippen molar-refractivity contribution in [3.05, 3.63) is 0 Å². The number of rotatable bonds is 5. The molecule has 0 saturated carbocycles. The van der Waals surface area contributed by atoms with Crippen molar-refractivity contribution >= 4 is 5.97 Å². The van der Waals surface area contributed by atoms with Gasteiger partial charge in [0, 0.05) is 45.8 Å². The third-order valence-electron chi connectivity index (χ3n) is 2.48. The Balaban J connectivity index is 2.15. The van der Waals surface area contributed by atoms with Gasteiger partial charge < -0.3 is 14.8 Å². The second kappa shape index (κ2) is 6.76. The van der Waals surface area contributed by atoms with Crippen molar-refractivity contribution in [1.29, 1.82) is 0 Å². The van der Waals surface area contributed by atoms with E-state index in [2.05, 4.69) is 4.90 Å². The van der Waals surface area contributed by atoms with E-state index < -0.39 is 0 Å². The van der Waals surface area contributed by atoms with Crippen molar-refractivity contribution < 1.29 is 14.7 Å². The number of piperazine rings is 1. The van der Waals surface area contributed by atoms with Gasteiger partial charge in [-0.05, 0) is 6.42 Å². The Morgan fingerprint density at radius 2 is 2.00 bits per heavy atom. The lowest BCUT2D eigenvalue weighted by Gasteiger charge is -2.33. The maximum atomic E-state index is 11.0. The molecule has 1 fully saturated rings. The van der Waals surface area contributed by atoms with Crippen LogP contribution in [0.15, 0.2) is 0 Å². The smallest absolute Gasteiger partial charge is 0.324 e. The third-order valence-corrected chi connectivity index (χ3v) is 2.48. The van der Waals surface area contributed by atoms with Crippen LogP contribution in [0.4, 0.5) is 0 Å². The summed E-state index contributed by atoms with van der Waals surface area (Å²) in [6, 6.07) is 0. The topological polar surface area (TPSA) is 53.0 Å². The minimum atomic E-state index is -0.168. The van der Waals surface area contributed by atoms with Crippen LogP contribution in [0.5, 0.6) is 0 Å². The molecule has 1 saturated heterocycles. The second-order valence-electron chi connectivity index (χ2n) is 3.66. The zero-order valence-electron chi connectivity index (χ0n) is 9.31. The SMILES string of the molecule is CCC(=O)ON1CCN(CCCO)CC1. The number of hydroxylamine groups is 2. The second-order valence-corrected chi connectivity index (χ2v) is 3.66. The summed E-state index contributed by atoms with van der Waals surface area (Å²) in [7, 11) is 0. The fraction of sp³-hybridized carbons (Fsp3) is 0.900. The zero-order chi connectivity index (χ0) is 11.1. The minimum Gasteiger partial charge on any atom is -0.396 e. The number of hydrogen-bond acceptors (Lipinski definition) is 5. The van der Waals surface area contributed by atoms with Crippen LogP contribution >= 0.6 is 0 Å². The Morgan fingerprint density at radius 1 is 1.33 bits per heavy atom. The number of carbonyl (C=O) groups is 1. The predicted octanol–water partition coefficient (Wildman–Crippen LogP) is -0.145. The van der Waals surface area contributed by atoms with Gasteiger partial charge in [0.25, 0.3) is 0 Å². The summed E-state index contributed by atoms with van der Waals surface area (Å²) < 4.78 is 0. The van der Waals surface area contributed by atoms with Gasteiger partial charge in [-0.2, -0.15) is 0 Å². The van der Waals surface area contributed by atoms with Gasteiger partial charge >= 0.3 is 5.97 Å². The normalized spacial score (nSPS) is 19.1. The van der Waals surface area contributed by atoms with Crippen LogP contribution in [0.3, 0.4) is 0 Å². The Morgan fingerprint density at radius 3 is 2.53 bits per heavy atom. The lowest BCUT2D eigenvalue weighted by molar-refractivity contribution is -0.197. The quantitative estimate of drug-likeness (QED) is 0.693. The van der Waals surface area contributed by atoms with E-state index in [0.717, 1.165) is 39.1 Å². The maximum Gasteiger partial charge on any atom is 0.324 e. The minimum absolute atomic E-state index is 0.168. The summed E-state index contributed by atoms with van der Waals surface area (Å²) in [4.78, 5) is 18.4. The molecule has 1 heterocycles. The van der Waals surface area contributed by atoms with E-state index in [9.17, 15) is 4.79 Å². The van der Waals surface area contributed by atoms with Gasteiger partial charge in [-0.1, -0.05) is 6.92 Å². The average Bonchev–Trinajstić information content (AvgIpc) is 2.28. The van der Waals surface area contributed by atoms with E-state index in [1.807, 2.05) is 0 Å². The molecule has 15 heavy (non-hydrogen) atoms. The first-order valence-corrected chi connectivity index (χ1v) is 5.55. The molecule has 0 aromatic rings. The van der Waals surface area contributed by atoms with E-state index in [1.165, 1.54) is 0 Å². The highest BCUT2D eigenvalue weighted by Gasteiger charge is 2.18. The molecule has 1 aliphatic heterocycles. The van der Waals surface area contributed by atoms with Gasteiger partial charge in [0.2, 0.25) is 0 Å². The van der Waals surface area contributed by atoms with Gasteiger partial charge in [-0.25, -0.2) is 0 Å². The highest BCUT2D eigenvalue weighted by atomic mass is 16.7. The van der Waals surface area contributed by atoms with Crippen LogP contribution in [0.25, 0.3) is 0 Å². The summed E-state index contributed by atoms with van der Waals surface area (Å²) in [6.45, 7) is 6.28. The summed E-state index contributed by atoms with van der Waals surface area (Å²) >= 11 is 0. The summed E-state index contributed by atoms with van der Waals surface area (Å²) in [6.07, 6.45) is 1.24. The molecule has 1 rings (SSSR count). The fourth-order valence-electron chi connectivity index (χ4n) is 1.55. The van der Waals surface area contributed by atoms with Gasteiger partial charge in [-0.15, -0.1) is 5.06 Å². The molecule has 0 aromatic carbocycles. The number of aliphatic hydroxyl groups excluding tert-OH is 1. The fourth-order valence-corrected chi connectivity index (χ4v) is 1.55. The number of carbonyl (C=O) groups excluding carboxylic acids is 1. The van der Waals surface area contributed by atoms with Crippen LogP contribution in [0, 0.1) is 0 Å². The van der Waals surface area contributed by atoms with Crippen LogP contribution in [0.2, 0.25) is 0 Å². The van der Waals surface area contributed by atoms with Crippen LogP contribution in [0.1, 0.15) is 19.8 Å². The molecular formula is C10H20N2O3. The first kappa shape index (κ1) is 12.4. The molecule has 0 unspecified atom stereocenters. The van der Waals surface area contributed by atoms with Crippen LogP contribution < -0.4 is 0 Å². The Labute approximate surface area is 90.6 Å². The van der Waals surface area contributed by atoms with Crippen molar-refractivity contribution in [1.82, 2.24) is 9.96 Å². The molecule has 0 amide bonds. The van der Waals surface area contributed by atoms with E-state index in [4.69, 9.17) is 9.94 Å². The Bertz CT molecular complexity index is 191. The zero-order valence-corrected chi connectivity index (χ0v) is 9.31. The highest BCUT2D eigenvalue weighted by Crippen LogP contribution is 2.03. The molecule has 0 radical (unpaired) electrons. The predicted molar refractivity (Wildman–Crippen MR) is 56.1 cm³/mol. The van der Waals surface area contributed by atoms with E-state index in [-0.39, 0.29) is 12.6 Å². The summed E-state index contributed by atoms with van der Waals surface area (Å²) in [5, 5.41) is 10.4. The first-order valence-electron chi connectivity index (χ1n) is 5.55. The molecule has 5 nitrogen and oxygen atoms in total. The van der Waals surface area contributed by atoms with Crippen LogP contribution in [-0.2, 0) is 9.63 Å². The monoisotopic (exact) mass is 216 g/mol. The van der Waals surface area contributed by atoms with Crippen molar-refractivity contribution in [3.63, 3.8) is 0 Å². The number of aliphatic hydroxyl groups is 1. The largest absolute Gasteiger partial charge is 0.396 e. The number of nitrogens with zero attached hydrogens (tertiary/aromatic N) is 2. The van der Waals surface area contributed by atoms with Gasteiger partial charge in [0.1, 0.15) is 0 Å². The molecule has 0 atom stereocenters. The molecule has 5 heteroatoms. The molecule has 0 spiro atoms. The van der Waals surface area contributed by atoms with Crippen molar-refractivity contribution in [2.75, 3.05) is 39.3 Å². The van der Waals surface area contributed by atoms with E-state index in [0.29, 0.717) is 6.42 Å². The highest BCUT2D eigenvalue weighted by molar-refractivity contribution is 5.68. The first-order chi connectivity index (χ1) is 7.26. The Kier molecular flexibility index (Phi) is 5.60. The molecule has 88 valence electrons. The third kappa shape index (κ3) is 4.59. The van der Waals surface area contributed by atoms with Crippen LogP contribution in [-0.4, -0.2) is 60.4 Å². The lowest BCUT2D eigenvalue weighted by atomic mass is 10.3. The van der Waals surface area contributed by atoms with Gasteiger partial charge in [0.05, 0.1) is 0 Å². The average molecular weight is 216 g/mol. The molecule has 0 aliphatic carbocycles. The molecule has 1 N–H and O–H groups in total. The molecule has 0 aromatic heterocycles. The van der Waals surface area contributed by atoms with Crippen molar-refractivity contribution in [2.24, 2.45) is 0 Å². The van der Waals surface area contributed by atoms with Gasteiger partial charge in [-0.3, -0.25) is 4.79 Å². The van der Waals surface area contributed by atoms with Crippen molar-refractivity contribution in [2.45, 2.75) is 19.8 Å². The van der Waals surface area contributed by atoms with E-state index in [1.54, 1.807) is 12.0 Å². The van der Waals surface area contributed by atoms with Gasteiger partial charge in [0.15, 0.2) is 0 Å². The molecule has 1 aliphatic rings. The lowest BCUT2D eigenvalue weighted by Crippen LogP contribution is -2.47. The molecule has 0 bridgehead atoms. The summed E-state index contributed by atoms with van der Waals surface area (Å²) in [5.41, 5.74) is 0. The van der Waals surface area contributed by atoms with E-state index >= 15 is 0 Å². The summed E-state index contributed by atoms with van der Waals surface area (Å²) in [5.74, 6) is -0.168. The van der Waals surface area contributed by atoms with Crippen molar-refractivity contribution in [3.8, 4) is 0 Å². The maximum absolute atomic E-state index is 11.0. The molecular weight excluding hydrogens is 196 g/mol. The standard InChI is InChI=1S/C10H20N2O3/c1-2-10(14)15-12-7-5-11(6-8-12)4-3-9-13/h13H,2-9H2,1H3.